The summed E-state index contributed by atoms with van der Waals surface area (Å²) in [6.07, 6.45) is 2.16. The van der Waals surface area contributed by atoms with E-state index in [0.717, 1.165) is 57.1 Å². The number of rotatable bonds is 8. The molecule has 2 heterocycles. The number of benzene rings is 1. The van der Waals surface area contributed by atoms with Gasteiger partial charge >= 0.3 is 0 Å². The summed E-state index contributed by atoms with van der Waals surface area (Å²) in [4.78, 5) is 4.80. The minimum Gasteiger partial charge on any atom is -0.493 e. The highest BCUT2D eigenvalue weighted by atomic mass is 16.5. The monoisotopic (exact) mass is 362 g/mol. The summed E-state index contributed by atoms with van der Waals surface area (Å²) in [6.45, 7) is 9.67. The molecule has 1 aromatic carbocycles. The van der Waals surface area contributed by atoms with Crippen LogP contribution in [-0.4, -0.2) is 68.0 Å². The molecule has 1 N–H and O–H groups in total. The van der Waals surface area contributed by atoms with E-state index >= 15 is 0 Å². The zero-order valence-electron chi connectivity index (χ0n) is 16.7. The van der Waals surface area contributed by atoms with Crippen molar-refractivity contribution in [2.45, 2.75) is 39.3 Å². The first kappa shape index (κ1) is 19.5. The predicted molar refractivity (Wildman–Crippen MR) is 104 cm³/mol. The third-order valence-electron chi connectivity index (χ3n) is 5.79. The van der Waals surface area contributed by atoms with Crippen molar-refractivity contribution in [3.8, 4) is 11.5 Å². The van der Waals surface area contributed by atoms with Gasteiger partial charge < -0.3 is 19.5 Å². The quantitative estimate of drug-likeness (QED) is 0.770. The SMILES string of the molecule is COc1cc(CN2CC3(CC(CO)N(C)C3)C2)ccc1OCCC(C)C. The molecule has 2 aliphatic rings. The topological polar surface area (TPSA) is 45.2 Å². The first-order valence-electron chi connectivity index (χ1n) is 9.78. The molecule has 0 saturated carbocycles. The van der Waals surface area contributed by atoms with Gasteiger partial charge in [0.2, 0.25) is 0 Å². The van der Waals surface area contributed by atoms with Crippen LogP contribution in [0.5, 0.6) is 11.5 Å². The fourth-order valence-electron chi connectivity index (χ4n) is 4.42. The highest BCUT2D eigenvalue weighted by Crippen LogP contribution is 2.42. The number of ether oxygens (including phenoxy) is 2. The molecule has 2 fully saturated rings. The summed E-state index contributed by atoms with van der Waals surface area (Å²) in [5.74, 6) is 2.29. The zero-order valence-corrected chi connectivity index (χ0v) is 16.7. The van der Waals surface area contributed by atoms with Crippen molar-refractivity contribution in [3.05, 3.63) is 23.8 Å². The Labute approximate surface area is 157 Å². The van der Waals surface area contributed by atoms with E-state index in [0.29, 0.717) is 17.4 Å². The molecule has 0 aliphatic carbocycles. The third kappa shape index (κ3) is 4.33. The largest absolute Gasteiger partial charge is 0.493 e. The number of aliphatic hydroxyl groups excluding tert-OH is 1. The summed E-state index contributed by atoms with van der Waals surface area (Å²) >= 11 is 0. The molecule has 2 saturated heterocycles. The molecule has 1 aromatic rings. The predicted octanol–water partition coefficient (Wildman–Crippen LogP) is 2.62. The van der Waals surface area contributed by atoms with Crippen LogP contribution in [0.2, 0.25) is 0 Å². The first-order chi connectivity index (χ1) is 12.4. The lowest BCUT2D eigenvalue weighted by molar-refractivity contribution is 0.00298. The van der Waals surface area contributed by atoms with E-state index in [1.54, 1.807) is 7.11 Å². The molecule has 0 radical (unpaired) electrons. The van der Waals surface area contributed by atoms with Crippen molar-refractivity contribution in [2.75, 3.05) is 47.0 Å². The summed E-state index contributed by atoms with van der Waals surface area (Å²) < 4.78 is 11.4. The number of aliphatic hydroxyl groups is 1. The fourth-order valence-corrected chi connectivity index (χ4v) is 4.42. The molecule has 26 heavy (non-hydrogen) atoms. The average Bonchev–Trinajstić information content (AvgIpc) is 2.92. The lowest BCUT2D eigenvalue weighted by Gasteiger charge is -2.48. The lowest BCUT2D eigenvalue weighted by Crippen LogP contribution is -2.56. The summed E-state index contributed by atoms with van der Waals surface area (Å²) in [5.41, 5.74) is 1.64. The van der Waals surface area contributed by atoms with Gasteiger partial charge in [0.25, 0.3) is 0 Å². The van der Waals surface area contributed by atoms with Gasteiger partial charge in [-0.15, -0.1) is 0 Å². The van der Waals surface area contributed by atoms with E-state index < -0.39 is 0 Å². The van der Waals surface area contributed by atoms with E-state index in [1.807, 2.05) is 6.07 Å². The van der Waals surface area contributed by atoms with Crippen molar-refractivity contribution in [2.24, 2.45) is 11.3 Å². The van der Waals surface area contributed by atoms with Crippen molar-refractivity contribution in [1.29, 1.82) is 0 Å². The van der Waals surface area contributed by atoms with Crippen molar-refractivity contribution >= 4 is 0 Å². The fraction of sp³-hybridized carbons (Fsp3) is 0.714. The van der Waals surface area contributed by atoms with E-state index in [9.17, 15) is 5.11 Å². The highest BCUT2D eigenvalue weighted by molar-refractivity contribution is 5.43. The Morgan fingerprint density at radius 1 is 1.23 bits per heavy atom. The van der Waals surface area contributed by atoms with Gasteiger partial charge in [-0.1, -0.05) is 19.9 Å². The standard InChI is InChI=1S/C21H34N2O3/c1-16(2)7-8-26-19-6-5-17(9-20(19)25-4)11-23-14-21(15-23)10-18(12-24)22(3)13-21/h5-6,9,16,18,24H,7-8,10-15H2,1-4H3. The van der Waals surface area contributed by atoms with E-state index in [4.69, 9.17) is 9.47 Å². The van der Waals surface area contributed by atoms with Crippen molar-refractivity contribution < 1.29 is 14.6 Å². The Hall–Kier alpha value is -1.30. The zero-order chi connectivity index (χ0) is 18.7. The number of likely N-dealkylation sites (tertiary alicyclic amines) is 2. The molecule has 5 nitrogen and oxygen atoms in total. The average molecular weight is 363 g/mol. The summed E-state index contributed by atoms with van der Waals surface area (Å²) in [7, 11) is 3.83. The molecule has 0 bridgehead atoms. The maximum Gasteiger partial charge on any atom is 0.161 e. The molecular formula is C21H34N2O3. The molecule has 3 rings (SSSR count). The van der Waals surface area contributed by atoms with Gasteiger partial charge in [-0.3, -0.25) is 4.90 Å². The minimum atomic E-state index is 0.272. The van der Waals surface area contributed by atoms with Crippen LogP contribution in [0.15, 0.2) is 18.2 Å². The van der Waals surface area contributed by atoms with Crippen LogP contribution in [0.3, 0.4) is 0 Å². The molecule has 1 spiro atoms. The Balaban J connectivity index is 1.53. The Bertz CT molecular complexity index is 599. The Morgan fingerprint density at radius 3 is 2.62 bits per heavy atom. The van der Waals surface area contributed by atoms with Crippen LogP contribution in [0.4, 0.5) is 0 Å². The second-order valence-corrected chi connectivity index (χ2v) is 8.62. The van der Waals surface area contributed by atoms with Gasteiger partial charge in [-0.05, 0) is 43.5 Å². The second kappa shape index (κ2) is 8.15. The maximum absolute atomic E-state index is 9.48. The van der Waals surface area contributed by atoms with E-state index in [1.165, 1.54) is 5.56 Å². The van der Waals surface area contributed by atoms with Gasteiger partial charge in [0.05, 0.1) is 20.3 Å². The molecular weight excluding hydrogens is 328 g/mol. The molecule has 0 aromatic heterocycles. The number of nitrogens with zero attached hydrogens (tertiary/aromatic N) is 2. The van der Waals surface area contributed by atoms with Crippen LogP contribution in [0, 0.1) is 11.3 Å². The maximum atomic E-state index is 9.48. The second-order valence-electron chi connectivity index (χ2n) is 8.62. The van der Waals surface area contributed by atoms with Crippen molar-refractivity contribution in [3.63, 3.8) is 0 Å². The summed E-state index contributed by atoms with van der Waals surface area (Å²) in [6, 6.07) is 6.62. The van der Waals surface area contributed by atoms with Gasteiger partial charge in [-0.25, -0.2) is 0 Å². The van der Waals surface area contributed by atoms with E-state index in [-0.39, 0.29) is 6.61 Å². The van der Waals surface area contributed by atoms with Gasteiger partial charge in [-0.2, -0.15) is 0 Å². The van der Waals surface area contributed by atoms with Gasteiger partial charge in [0.1, 0.15) is 0 Å². The molecule has 2 aliphatic heterocycles. The molecule has 1 atom stereocenters. The van der Waals surface area contributed by atoms with Crippen LogP contribution in [0.25, 0.3) is 0 Å². The third-order valence-corrected chi connectivity index (χ3v) is 5.79. The van der Waals surface area contributed by atoms with Crippen molar-refractivity contribution in [1.82, 2.24) is 9.80 Å². The summed E-state index contributed by atoms with van der Waals surface area (Å²) in [5, 5.41) is 9.48. The smallest absolute Gasteiger partial charge is 0.161 e. The minimum absolute atomic E-state index is 0.272. The molecule has 146 valence electrons. The van der Waals surface area contributed by atoms with Crippen LogP contribution in [-0.2, 0) is 6.54 Å². The van der Waals surface area contributed by atoms with Crippen LogP contribution in [0.1, 0.15) is 32.3 Å². The van der Waals surface area contributed by atoms with Crippen LogP contribution < -0.4 is 9.47 Å². The lowest BCUT2D eigenvalue weighted by atomic mass is 9.77. The Morgan fingerprint density at radius 2 is 2.00 bits per heavy atom. The van der Waals surface area contributed by atoms with Crippen LogP contribution >= 0.6 is 0 Å². The molecule has 0 amide bonds. The van der Waals surface area contributed by atoms with Gasteiger partial charge in [0.15, 0.2) is 11.5 Å². The molecule has 1 unspecified atom stereocenters. The number of likely N-dealkylation sites (N-methyl/N-ethyl adjacent to an activating group) is 1. The number of hydrogen-bond donors (Lipinski definition) is 1. The highest BCUT2D eigenvalue weighted by Gasteiger charge is 2.49. The Kier molecular flexibility index (Phi) is 6.10. The van der Waals surface area contributed by atoms with E-state index in [2.05, 4.69) is 42.8 Å². The van der Waals surface area contributed by atoms with Gasteiger partial charge in [0, 0.05) is 37.6 Å². The normalized spacial score (nSPS) is 22.8. The number of hydrogen-bond acceptors (Lipinski definition) is 5. The number of methoxy groups -OCH3 is 1. The molecule has 5 heteroatoms. The first-order valence-corrected chi connectivity index (χ1v) is 9.78.